The molecule has 14 heteroatoms. The molecule has 12 nitrogen and oxygen atoms in total. The van der Waals surface area contributed by atoms with Crippen LogP contribution in [0.3, 0.4) is 0 Å². The van der Waals surface area contributed by atoms with Crippen LogP contribution in [0.1, 0.15) is 245 Å². The van der Waals surface area contributed by atoms with Crippen molar-refractivity contribution in [2.45, 2.75) is 234 Å². The number of rotatable bonds is 42. The van der Waals surface area contributed by atoms with E-state index in [2.05, 4.69) is 77.9 Å². The van der Waals surface area contributed by atoms with Crippen molar-refractivity contribution in [2.24, 2.45) is 20.0 Å². The first-order valence-corrected chi connectivity index (χ1v) is 32.5. The molecular formula is C66H96BClN6O6. The Bertz CT molecular complexity index is 2950. The van der Waals surface area contributed by atoms with Crippen LogP contribution in [0.5, 0.6) is 34.5 Å². The Morgan fingerprint density at radius 2 is 0.588 bits per heavy atom. The SMILES string of the molecule is CCCCCCCOc1cc2c(cc1OCCCCCCC)C1=Nc3c4cc(OCCCCCCC)c(OCCCCCCC)cc4c4n3B(Cl)n3c(c5cc(OCCCCCCC)c(OCCCCCCC)cc5c3=N4)=NC2=N1. The summed E-state index contributed by atoms with van der Waals surface area (Å²) in [5, 5.41) is 3.44. The average Bonchev–Trinajstić information content (AvgIpc) is 4.28. The van der Waals surface area contributed by atoms with Crippen LogP contribution in [-0.2, 0) is 0 Å². The largest absolute Gasteiger partial charge is 0.499 e. The molecule has 0 saturated heterocycles. The number of unbranched alkanes of at least 4 members (excludes halogenated alkanes) is 24. The molecule has 3 aromatic carbocycles. The topological polar surface area (TPSA) is 115 Å². The molecule has 0 atom stereocenters. The first kappa shape index (κ1) is 60.9. The fourth-order valence-electron chi connectivity index (χ4n) is 11.2. The van der Waals surface area contributed by atoms with E-state index >= 15 is 0 Å². The van der Waals surface area contributed by atoms with Gasteiger partial charge in [0, 0.05) is 32.7 Å². The van der Waals surface area contributed by atoms with Gasteiger partial charge in [-0.2, -0.15) is 0 Å². The Balaban J connectivity index is 1.32. The van der Waals surface area contributed by atoms with Gasteiger partial charge in [0.25, 0.3) is 0 Å². The van der Waals surface area contributed by atoms with E-state index in [1.807, 2.05) is 8.96 Å². The van der Waals surface area contributed by atoms with Gasteiger partial charge in [-0.05, 0) is 74.9 Å². The second-order valence-corrected chi connectivity index (χ2v) is 22.9. The van der Waals surface area contributed by atoms with Crippen LogP contribution >= 0.6 is 11.5 Å². The second kappa shape index (κ2) is 32.5. The molecule has 5 heterocycles. The zero-order valence-corrected chi connectivity index (χ0v) is 50.8. The van der Waals surface area contributed by atoms with Crippen molar-refractivity contribution in [3.05, 3.63) is 58.5 Å². The number of nitrogens with zero attached hydrogens (tertiary/aromatic N) is 6. The Labute approximate surface area is 484 Å². The monoisotopic (exact) mass is 1110 g/mol. The van der Waals surface area contributed by atoms with Gasteiger partial charge < -0.3 is 37.4 Å². The summed E-state index contributed by atoms with van der Waals surface area (Å²) in [4.78, 5) is 22.1. The third-order valence-corrected chi connectivity index (χ3v) is 16.3. The molecule has 0 N–H and O–H groups in total. The average molecular weight is 1120 g/mol. The third-order valence-electron chi connectivity index (χ3n) is 15.9. The van der Waals surface area contributed by atoms with Crippen molar-refractivity contribution in [3.8, 4) is 34.5 Å². The summed E-state index contributed by atoms with van der Waals surface area (Å²) in [6, 6.07) is 12.6. The highest BCUT2D eigenvalue weighted by molar-refractivity contribution is 7.05. The zero-order chi connectivity index (χ0) is 55.9. The van der Waals surface area contributed by atoms with Crippen LogP contribution in [0, 0.1) is 0 Å². The van der Waals surface area contributed by atoms with Gasteiger partial charge in [-0.3, -0.25) is 0 Å². The molecule has 5 aromatic rings. The summed E-state index contributed by atoms with van der Waals surface area (Å²) < 4.78 is 44.4. The van der Waals surface area contributed by atoms with Crippen molar-refractivity contribution < 1.29 is 28.4 Å². The lowest BCUT2D eigenvalue weighted by molar-refractivity contribution is 0.258. The Morgan fingerprint density at radius 3 is 0.925 bits per heavy atom. The molecule has 3 aliphatic rings. The molecule has 0 spiro atoms. The molecule has 80 heavy (non-hydrogen) atoms. The molecular weight excluding hydrogens is 1020 g/mol. The fourth-order valence-corrected chi connectivity index (χ4v) is 11.6. The number of halogens is 1. The van der Waals surface area contributed by atoms with Gasteiger partial charge in [0.15, 0.2) is 46.2 Å². The first-order valence-electron chi connectivity index (χ1n) is 32.1. The standard InChI is InChI=1S/C66H96BClN6O6/c1-7-13-19-25-31-37-75-55-43-49-50(44-56(55)76-38-32-26-20-14-8-2)62-69-61(49)70-63-51-45-57(77-39-33-27-21-15-9-3)59(79-41-35-29-23-17-11-5)47-53(51)65-72-66-54-48-60(80-42-36-30-24-18-12-6)58(78-40-34-28-22-16-10-4)46-52(54)64(71-62)74(66)67(68)73(63)65/h43-48H,7-42H2,1-6H3. The predicted octanol–water partition coefficient (Wildman–Crippen LogP) is 18.0. The van der Waals surface area contributed by atoms with Crippen molar-refractivity contribution in [2.75, 3.05) is 39.6 Å². The minimum absolute atomic E-state index is 0.520. The number of amidine groups is 2. The maximum absolute atomic E-state index is 8.02. The molecule has 0 aliphatic carbocycles. The van der Waals surface area contributed by atoms with E-state index in [0.717, 1.165) is 110 Å². The molecule has 0 unspecified atom stereocenters. The van der Waals surface area contributed by atoms with E-state index < -0.39 is 6.40 Å². The lowest BCUT2D eigenvalue weighted by Gasteiger charge is -2.18. The quantitative estimate of drug-likeness (QED) is 0.0284. The highest BCUT2D eigenvalue weighted by Crippen LogP contribution is 2.47. The molecule has 0 radical (unpaired) electrons. The summed E-state index contributed by atoms with van der Waals surface area (Å²) in [6.45, 7) is 17.0. The third kappa shape index (κ3) is 15.7. The summed E-state index contributed by atoms with van der Waals surface area (Å²) in [5.74, 6) is 6.53. The first-order chi connectivity index (χ1) is 39.4. The molecule has 0 fully saturated rings. The smallest absolute Gasteiger partial charge is 0.490 e. The van der Waals surface area contributed by atoms with Crippen molar-refractivity contribution in [1.29, 1.82) is 0 Å². The lowest BCUT2D eigenvalue weighted by atomic mass is 10.1. The molecule has 8 rings (SSSR count). The number of aromatic nitrogens is 2. The minimum atomic E-state index is -0.813. The van der Waals surface area contributed by atoms with Gasteiger partial charge in [-0.1, -0.05) is 196 Å². The van der Waals surface area contributed by atoms with E-state index in [9.17, 15) is 0 Å². The van der Waals surface area contributed by atoms with Crippen molar-refractivity contribution in [3.63, 3.8) is 0 Å². The van der Waals surface area contributed by atoms with Crippen LogP contribution < -0.4 is 39.4 Å². The Kier molecular flexibility index (Phi) is 24.7. The predicted molar refractivity (Wildman–Crippen MR) is 333 cm³/mol. The minimum Gasteiger partial charge on any atom is -0.490 e. The number of ether oxygens (including phenoxy) is 6. The summed E-state index contributed by atoms with van der Waals surface area (Å²) in [7, 11) is 0. The molecule has 0 saturated carbocycles. The molecule has 0 amide bonds. The normalized spacial score (nSPS) is 13.1. The number of benzene rings is 3. The van der Waals surface area contributed by atoms with E-state index in [-0.39, 0.29) is 0 Å². The number of hydrogen-bond donors (Lipinski definition) is 0. The van der Waals surface area contributed by atoms with E-state index in [1.165, 1.54) is 116 Å². The maximum Gasteiger partial charge on any atom is 0.499 e. The molecule has 3 aliphatic heterocycles. The van der Waals surface area contributed by atoms with Crippen LogP contribution in [-0.4, -0.2) is 66.7 Å². The van der Waals surface area contributed by atoms with Gasteiger partial charge in [0.1, 0.15) is 22.6 Å². The molecule has 4 bridgehead atoms. The molecule has 436 valence electrons. The van der Waals surface area contributed by atoms with Gasteiger partial charge in [-0.15, -0.1) is 11.5 Å². The number of fused-ring (bicyclic) bond motifs is 10. The van der Waals surface area contributed by atoms with Crippen LogP contribution in [0.4, 0.5) is 11.6 Å². The Hall–Kier alpha value is -5.17. The van der Waals surface area contributed by atoms with Gasteiger partial charge in [-0.25, -0.2) is 20.0 Å². The van der Waals surface area contributed by atoms with Crippen molar-refractivity contribution in [1.82, 2.24) is 8.96 Å². The van der Waals surface area contributed by atoms with Gasteiger partial charge >= 0.3 is 6.40 Å². The summed E-state index contributed by atoms with van der Waals surface area (Å²) >= 11 is 8.02. The Morgan fingerprint density at radius 1 is 0.312 bits per heavy atom. The van der Waals surface area contributed by atoms with Crippen LogP contribution in [0.2, 0.25) is 0 Å². The van der Waals surface area contributed by atoms with Crippen LogP contribution in [0.25, 0.3) is 21.5 Å². The zero-order valence-electron chi connectivity index (χ0n) is 50.0. The fraction of sp³-hybridized carbons (Fsp3) is 0.636. The highest BCUT2D eigenvalue weighted by atomic mass is 35.5. The van der Waals surface area contributed by atoms with E-state index in [1.54, 1.807) is 0 Å². The number of aliphatic imine (C=N–C) groups is 2. The number of hydrogen-bond acceptors (Lipinski definition) is 10. The van der Waals surface area contributed by atoms with E-state index in [4.69, 9.17) is 59.9 Å². The van der Waals surface area contributed by atoms with E-state index in [0.29, 0.717) is 108 Å². The van der Waals surface area contributed by atoms with Gasteiger partial charge in [0.05, 0.1) is 39.6 Å². The lowest BCUT2D eigenvalue weighted by Crippen LogP contribution is -2.44. The van der Waals surface area contributed by atoms with Gasteiger partial charge in [0.2, 0.25) is 0 Å². The second-order valence-electron chi connectivity index (χ2n) is 22.5. The highest BCUT2D eigenvalue weighted by Gasteiger charge is 2.37. The summed E-state index contributed by atoms with van der Waals surface area (Å²) in [5.41, 5.74) is 2.95. The van der Waals surface area contributed by atoms with Crippen LogP contribution in [0.15, 0.2) is 56.4 Å². The van der Waals surface area contributed by atoms with Crippen molar-refractivity contribution >= 4 is 62.7 Å². The summed E-state index contributed by atoms with van der Waals surface area (Å²) in [6.07, 6.45) is 33.4. The molecule has 2 aromatic heterocycles. The maximum atomic E-state index is 8.02.